The van der Waals surface area contributed by atoms with Crippen LogP contribution in [0, 0.1) is 11.3 Å². The number of hydrogen-bond acceptors (Lipinski definition) is 3. The number of hydrogen-bond donors (Lipinski definition) is 1. The summed E-state index contributed by atoms with van der Waals surface area (Å²) in [5.41, 5.74) is 1.13. The summed E-state index contributed by atoms with van der Waals surface area (Å²) in [6, 6.07) is 0. The first-order valence-electron chi connectivity index (χ1n) is 7.52. The standard InChI is InChI=1S/C16H28O3/c1-9(2)18-13-12-11(5)7-8-16(12,6)15(17)14(13)19-10(3)4/h9-11,14-15,17H,7-8H2,1-6H3/t11-,14-,15-,16+/m0/s1. The number of rotatable bonds is 4. The van der Waals surface area contributed by atoms with Gasteiger partial charge >= 0.3 is 0 Å². The molecule has 4 atom stereocenters. The molecule has 0 saturated heterocycles. The van der Waals surface area contributed by atoms with Crippen LogP contribution in [0.3, 0.4) is 0 Å². The summed E-state index contributed by atoms with van der Waals surface area (Å²) in [5, 5.41) is 10.7. The first-order chi connectivity index (χ1) is 8.77. The van der Waals surface area contributed by atoms with Crippen molar-refractivity contribution in [1.29, 1.82) is 0 Å². The van der Waals surface area contributed by atoms with Gasteiger partial charge in [-0.3, -0.25) is 0 Å². The molecule has 0 bridgehead atoms. The maximum absolute atomic E-state index is 10.7. The Morgan fingerprint density at radius 1 is 1.21 bits per heavy atom. The summed E-state index contributed by atoms with van der Waals surface area (Å²) in [4.78, 5) is 0. The Balaban J connectivity index is 2.39. The van der Waals surface area contributed by atoms with Gasteiger partial charge in [-0.05, 0) is 52.0 Å². The zero-order valence-corrected chi connectivity index (χ0v) is 13.1. The molecule has 3 nitrogen and oxygen atoms in total. The molecule has 19 heavy (non-hydrogen) atoms. The van der Waals surface area contributed by atoms with Crippen LogP contribution in [0.4, 0.5) is 0 Å². The predicted molar refractivity (Wildman–Crippen MR) is 75.8 cm³/mol. The van der Waals surface area contributed by atoms with E-state index in [9.17, 15) is 5.11 Å². The quantitative estimate of drug-likeness (QED) is 0.850. The minimum absolute atomic E-state index is 0.0868. The first-order valence-corrected chi connectivity index (χ1v) is 7.52. The molecule has 3 heteroatoms. The van der Waals surface area contributed by atoms with Crippen LogP contribution in [-0.2, 0) is 9.47 Å². The fourth-order valence-electron chi connectivity index (χ4n) is 3.63. The molecule has 0 aromatic heterocycles. The van der Waals surface area contributed by atoms with Crippen molar-refractivity contribution in [3.63, 3.8) is 0 Å². The minimum Gasteiger partial charge on any atom is -0.492 e. The van der Waals surface area contributed by atoms with Crippen LogP contribution in [0.5, 0.6) is 0 Å². The molecule has 2 aliphatic rings. The van der Waals surface area contributed by atoms with Gasteiger partial charge in [0, 0.05) is 5.41 Å². The average Bonchev–Trinajstić information content (AvgIpc) is 2.68. The summed E-state index contributed by atoms with van der Waals surface area (Å²) < 4.78 is 12.0. The van der Waals surface area contributed by atoms with E-state index in [1.54, 1.807) is 0 Å². The second-order valence-electron chi connectivity index (χ2n) is 6.85. The van der Waals surface area contributed by atoms with Crippen molar-refractivity contribution < 1.29 is 14.6 Å². The lowest BCUT2D eigenvalue weighted by atomic mass is 9.82. The van der Waals surface area contributed by atoms with Gasteiger partial charge in [-0.2, -0.15) is 0 Å². The molecular weight excluding hydrogens is 240 g/mol. The molecule has 0 aromatic rings. The van der Waals surface area contributed by atoms with Gasteiger partial charge in [-0.15, -0.1) is 0 Å². The van der Waals surface area contributed by atoms with Gasteiger partial charge in [0.05, 0.1) is 18.3 Å². The summed E-state index contributed by atoms with van der Waals surface area (Å²) in [5.74, 6) is 1.39. The maximum Gasteiger partial charge on any atom is 0.141 e. The van der Waals surface area contributed by atoms with Crippen molar-refractivity contribution in [3.05, 3.63) is 11.3 Å². The molecule has 0 aliphatic heterocycles. The number of aliphatic hydroxyl groups excluding tert-OH is 1. The van der Waals surface area contributed by atoms with Crippen molar-refractivity contribution in [2.45, 2.75) is 78.8 Å². The molecule has 0 aromatic carbocycles. The van der Waals surface area contributed by atoms with E-state index < -0.39 is 6.10 Å². The Morgan fingerprint density at radius 2 is 1.84 bits per heavy atom. The lowest BCUT2D eigenvalue weighted by molar-refractivity contribution is -0.0889. The molecular formula is C16H28O3. The van der Waals surface area contributed by atoms with E-state index in [0.29, 0.717) is 5.92 Å². The van der Waals surface area contributed by atoms with E-state index in [4.69, 9.17) is 9.47 Å². The lowest BCUT2D eigenvalue weighted by Crippen LogP contribution is -2.38. The Kier molecular flexibility index (Phi) is 3.99. The largest absolute Gasteiger partial charge is 0.492 e. The van der Waals surface area contributed by atoms with E-state index in [-0.39, 0.29) is 23.7 Å². The van der Waals surface area contributed by atoms with Gasteiger partial charge in [-0.25, -0.2) is 0 Å². The van der Waals surface area contributed by atoms with Gasteiger partial charge < -0.3 is 14.6 Å². The third kappa shape index (κ3) is 2.43. The Bertz CT molecular complexity index is 372. The van der Waals surface area contributed by atoms with Crippen LogP contribution >= 0.6 is 0 Å². The lowest BCUT2D eigenvalue weighted by Gasteiger charge is -2.29. The van der Waals surface area contributed by atoms with Gasteiger partial charge in [0.2, 0.25) is 0 Å². The van der Waals surface area contributed by atoms with Crippen LogP contribution in [0.15, 0.2) is 11.3 Å². The normalized spacial score (nSPS) is 38.5. The highest BCUT2D eigenvalue weighted by Gasteiger charge is 2.56. The van der Waals surface area contributed by atoms with Gasteiger partial charge in [0.15, 0.2) is 0 Å². The molecule has 0 spiro atoms. The van der Waals surface area contributed by atoms with E-state index in [2.05, 4.69) is 13.8 Å². The highest BCUT2D eigenvalue weighted by atomic mass is 16.6. The van der Waals surface area contributed by atoms with Crippen molar-refractivity contribution in [2.75, 3.05) is 0 Å². The van der Waals surface area contributed by atoms with Crippen molar-refractivity contribution in [2.24, 2.45) is 11.3 Å². The van der Waals surface area contributed by atoms with E-state index in [0.717, 1.165) is 18.6 Å². The summed E-state index contributed by atoms with van der Waals surface area (Å²) >= 11 is 0. The zero-order chi connectivity index (χ0) is 14.4. The molecule has 0 radical (unpaired) electrons. The van der Waals surface area contributed by atoms with E-state index in [1.165, 1.54) is 5.57 Å². The molecule has 2 rings (SSSR count). The molecule has 1 N–H and O–H groups in total. The third-order valence-corrected chi connectivity index (χ3v) is 4.45. The second-order valence-corrected chi connectivity index (χ2v) is 6.85. The van der Waals surface area contributed by atoms with Crippen LogP contribution in [0.25, 0.3) is 0 Å². The Morgan fingerprint density at radius 3 is 2.37 bits per heavy atom. The van der Waals surface area contributed by atoms with Crippen molar-refractivity contribution in [1.82, 2.24) is 0 Å². The fraction of sp³-hybridized carbons (Fsp3) is 0.875. The monoisotopic (exact) mass is 268 g/mol. The molecule has 0 unspecified atom stereocenters. The Hall–Kier alpha value is -0.540. The summed E-state index contributed by atoms with van der Waals surface area (Å²) in [6.45, 7) is 12.5. The summed E-state index contributed by atoms with van der Waals surface area (Å²) in [6.07, 6.45) is 1.57. The van der Waals surface area contributed by atoms with E-state index in [1.807, 2.05) is 27.7 Å². The molecule has 0 heterocycles. The number of fused-ring (bicyclic) bond motifs is 1. The number of aliphatic hydroxyl groups is 1. The van der Waals surface area contributed by atoms with E-state index >= 15 is 0 Å². The minimum atomic E-state index is -0.483. The van der Waals surface area contributed by atoms with Gasteiger partial charge in [0.1, 0.15) is 11.9 Å². The zero-order valence-electron chi connectivity index (χ0n) is 13.1. The molecule has 1 saturated carbocycles. The van der Waals surface area contributed by atoms with Gasteiger partial charge in [-0.1, -0.05) is 13.8 Å². The molecule has 110 valence electrons. The topological polar surface area (TPSA) is 38.7 Å². The second kappa shape index (κ2) is 5.10. The van der Waals surface area contributed by atoms with Crippen molar-refractivity contribution in [3.8, 4) is 0 Å². The third-order valence-electron chi connectivity index (χ3n) is 4.45. The van der Waals surface area contributed by atoms with Gasteiger partial charge in [0.25, 0.3) is 0 Å². The molecule has 2 aliphatic carbocycles. The van der Waals surface area contributed by atoms with Crippen LogP contribution in [0.1, 0.15) is 54.4 Å². The Labute approximate surface area is 117 Å². The molecule has 0 amide bonds. The predicted octanol–water partition coefficient (Wildman–Crippen LogP) is 3.27. The maximum atomic E-state index is 10.7. The fourth-order valence-corrected chi connectivity index (χ4v) is 3.63. The summed E-state index contributed by atoms with van der Waals surface area (Å²) in [7, 11) is 0. The molecule has 1 fully saturated rings. The highest BCUT2D eigenvalue weighted by Crippen LogP contribution is 2.57. The van der Waals surface area contributed by atoms with Crippen LogP contribution < -0.4 is 0 Å². The van der Waals surface area contributed by atoms with Crippen LogP contribution in [-0.4, -0.2) is 29.5 Å². The van der Waals surface area contributed by atoms with Crippen LogP contribution in [0.2, 0.25) is 0 Å². The SMILES string of the molecule is CC(C)OC1=C2[C@@H](C)CC[C@@]2(C)[C@@H](O)[C@H]1OC(C)C. The first kappa shape index (κ1) is 14.9. The number of ether oxygens (including phenoxy) is 2. The van der Waals surface area contributed by atoms with Crippen molar-refractivity contribution >= 4 is 0 Å². The smallest absolute Gasteiger partial charge is 0.141 e. The highest BCUT2D eigenvalue weighted by molar-refractivity contribution is 5.36. The average molecular weight is 268 g/mol.